The number of likely N-dealkylation sites (tertiary alicyclic amines) is 1. The van der Waals surface area contributed by atoms with Gasteiger partial charge >= 0.3 is 0 Å². The zero-order valence-electron chi connectivity index (χ0n) is 21.7. The molecule has 3 saturated heterocycles. The Labute approximate surface area is 218 Å². The first-order chi connectivity index (χ1) is 17.9. The molecule has 2 aromatic rings. The number of benzene rings is 1. The Morgan fingerprint density at radius 2 is 2.00 bits per heavy atom. The number of anilines is 1. The Kier molecular flexibility index (Phi) is 7.44. The molecule has 37 heavy (non-hydrogen) atoms. The van der Waals surface area contributed by atoms with Crippen LogP contribution in [0.25, 0.3) is 10.9 Å². The highest BCUT2D eigenvalue weighted by atomic mass is 16.5. The van der Waals surface area contributed by atoms with Gasteiger partial charge in [-0.15, -0.1) is 0 Å². The van der Waals surface area contributed by atoms with Crippen LogP contribution in [-0.4, -0.2) is 77.0 Å². The van der Waals surface area contributed by atoms with E-state index in [-0.39, 0.29) is 6.04 Å². The molecule has 5 N–H and O–H groups in total. The number of hydrogen-bond donors (Lipinski definition) is 3. The third kappa shape index (κ3) is 5.95. The maximum atomic E-state index is 9.02. The van der Waals surface area contributed by atoms with E-state index in [1.54, 1.807) is 13.0 Å². The minimum absolute atomic E-state index is 0.267. The molecule has 3 aliphatic heterocycles. The molecular weight excluding hydrogens is 466 g/mol. The van der Waals surface area contributed by atoms with E-state index in [9.17, 15) is 0 Å². The Morgan fingerprint density at radius 1 is 1.24 bits per heavy atom. The highest BCUT2D eigenvalue weighted by Crippen LogP contribution is 2.37. The second kappa shape index (κ2) is 10.9. The summed E-state index contributed by atoms with van der Waals surface area (Å²) >= 11 is 0. The van der Waals surface area contributed by atoms with Crippen LogP contribution in [0.2, 0.25) is 0 Å². The lowest BCUT2D eigenvalue weighted by molar-refractivity contribution is 0.0858. The summed E-state index contributed by atoms with van der Waals surface area (Å²) in [4.78, 5) is 19.0. The number of allylic oxidation sites excluding steroid dienone is 1. The Morgan fingerprint density at radius 3 is 2.68 bits per heavy atom. The maximum absolute atomic E-state index is 9.02. The zero-order valence-corrected chi connectivity index (χ0v) is 21.7. The number of nitrogens with two attached hydrogens (primary N) is 2. The number of fused-ring (bicyclic) bond motifs is 3. The summed E-state index contributed by atoms with van der Waals surface area (Å²) in [6.45, 7) is 5.45. The Hall–Kier alpha value is -3.42. The SMILES string of the molecule is C/C(N)=C/C(N)=Nc1nc(NC2C[C@H]3CC[C@@H](C2)N3CCC#N)nc2cc(OCC3CN(C)C3)ccc12. The molecule has 196 valence electrons. The summed E-state index contributed by atoms with van der Waals surface area (Å²) in [5, 5.41) is 13.4. The highest BCUT2D eigenvalue weighted by molar-refractivity contribution is 5.98. The van der Waals surface area contributed by atoms with Crippen LogP contribution >= 0.6 is 0 Å². The molecule has 0 saturated carbocycles. The molecule has 10 heteroatoms. The molecular formula is C27H37N9O. The van der Waals surface area contributed by atoms with Crippen molar-refractivity contribution >= 4 is 28.5 Å². The number of aliphatic imine (C=N–C) groups is 1. The molecule has 3 aliphatic rings. The molecule has 0 amide bonds. The van der Waals surface area contributed by atoms with Crippen LogP contribution in [0.4, 0.5) is 11.8 Å². The first-order valence-corrected chi connectivity index (χ1v) is 13.2. The van der Waals surface area contributed by atoms with E-state index in [1.165, 1.54) is 12.8 Å². The standard InChI is InChI=1S/C27H37N9O/c1-17(29)10-25(30)33-26-23-7-6-22(37-16-18-14-35(2)15-18)13-24(23)32-27(34-26)31-19-11-20-4-5-21(12-19)36(20)9-3-8-28/h6-7,10,13,18-21H,3-5,9,11-12,14-16,29H2,1-2H3,(H3,30,31,32,33,34)/b17-10-/t19?,20-,21+. The number of amidine groups is 1. The number of aromatic nitrogens is 2. The number of hydrogen-bond acceptors (Lipinski definition) is 9. The van der Waals surface area contributed by atoms with Crippen molar-refractivity contribution in [2.75, 3.05) is 38.6 Å². The van der Waals surface area contributed by atoms with Gasteiger partial charge in [-0.1, -0.05) is 0 Å². The largest absolute Gasteiger partial charge is 0.493 e. The van der Waals surface area contributed by atoms with Gasteiger partial charge in [-0.05, 0) is 57.9 Å². The van der Waals surface area contributed by atoms with Crippen molar-refractivity contribution in [1.29, 1.82) is 5.26 Å². The van der Waals surface area contributed by atoms with Crippen molar-refractivity contribution in [1.82, 2.24) is 19.8 Å². The number of nitrogens with one attached hydrogen (secondary N) is 1. The summed E-state index contributed by atoms with van der Waals surface area (Å²) in [5.41, 5.74) is 13.3. The average Bonchev–Trinajstić information content (AvgIpc) is 3.06. The van der Waals surface area contributed by atoms with Crippen molar-refractivity contribution in [2.45, 2.75) is 57.2 Å². The van der Waals surface area contributed by atoms with Crippen LogP contribution in [0, 0.1) is 17.2 Å². The summed E-state index contributed by atoms with van der Waals surface area (Å²) in [7, 11) is 2.12. The monoisotopic (exact) mass is 503 g/mol. The van der Waals surface area contributed by atoms with E-state index < -0.39 is 0 Å². The quantitative estimate of drug-likeness (QED) is 0.348. The molecule has 5 rings (SSSR count). The van der Waals surface area contributed by atoms with Gasteiger partial charge in [0.25, 0.3) is 0 Å². The van der Waals surface area contributed by atoms with Crippen LogP contribution in [0.3, 0.4) is 0 Å². The zero-order chi connectivity index (χ0) is 25.9. The Balaban J connectivity index is 1.38. The van der Waals surface area contributed by atoms with Gasteiger partial charge in [-0.25, -0.2) is 9.98 Å². The number of rotatable bonds is 9. The lowest BCUT2D eigenvalue weighted by Gasteiger charge is -2.38. The lowest BCUT2D eigenvalue weighted by Crippen LogP contribution is -2.47. The van der Waals surface area contributed by atoms with Crippen LogP contribution in [0.1, 0.15) is 39.0 Å². The molecule has 3 fully saturated rings. The first-order valence-electron chi connectivity index (χ1n) is 13.2. The lowest BCUT2D eigenvalue weighted by atomic mass is 9.97. The average molecular weight is 504 g/mol. The molecule has 4 heterocycles. The van der Waals surface area contributed by atoms with Crippen LogP contribution in [0.15, 0.2) is 35.0 Å². The second-order valence-corrected chi connectivity index (χ2v) is 10.7. The van der Waals surface area contributed by atoms with Gasteiger partial charge in [-0.2, -0.15) is 10.2 Å². The first kappa shape index (κ1) is 25.2. The van der Waals surface area contributed by atoms with E-state index in [4.69, 9.17) is 31.4 Å². The molecule has 1 aromatic carbocycles. The molecule has 3 atom stereocenters. The predicted molar refractivity (Wildman–Crippen MR) is 146 cm³/mol. The normalized spacial score (nSPS) is 25.2. The van der Waals surface area contributed by atoms with Crippen LogP contribution < -0.4 is 21.5 Å². The number of nitriles is 1. The molecule has 0 aliphatic carbocycles. The number of nitrogens with zero attached hydrogens (tertiary/aromatic N) is 6. The molecule has 2 bridgehead atoms. The van der Waals surface area contributed by atoms with E-state index in [2.05, 4.69) is 33.2 Å². The molecule has 1 unspecified atom stereocenters. The summed E-state index contributed by atoms with van der Waals surface area (Å²) in [6, 6.07) is 9.40. The minimum Gasteiger partial charge on any atom is -0.493 e. The third-order valence-electron chi connectivity index (χ3n) is 7.58. The Bertz CT molecular complexity index is 1210. The van der Waals surface area contributed by atoms with Crippen molar-refractivity contribution in [3.8, 4) is 11.8 Å². The summed E-state index contributed by atoms with van der Waals surface area (Å²) in [5.74, 6) is 2.69. The second-order valence-electron chi connectivity index (χ2n) is 10.7. The number of piperidine rings is 1. The predicted octanol–water partition coefficient (Wildman–Crippen LogP) is 2.74. The van der Waals surface area contributed by atoms with Crippen molar-refractivity contribution in [2.24, 2.45) is 22.4 Å². The van der Waals surface area contributed by atoms with Gasteiger partial charge in [0.05, 0.1) is 18.2 Å². The third-order valence-corrected chi connectivity index (χ3v) is 7.58. The van der Waals surface area contributed by atoms with E-state index >= 15 is 0 Å². The van der Waals surface area contributed by atoms with Gasteiger partial charge in [-0.3, -0.25) is 4.90 Å². The minimum atomic E-state index is 0.267. The van der Waals surface area contributed by atoms with Crippen molar-refractivity contribution in [3.63, 3.8) is 0 Å². The highest BCUT2D eigenvalue weighted by Gasteiger charge is 2.40. The van der Waals surface area contributed by atoms with Crippen LogP contribution in [0.5, 0.6) is 5.75 Å². The van der Waals surface area contributed by atoms with E-state index in [0.717, 1.165) is 49.1 Å². The fourth-order valence-electron chi connectivity index (χ4n) is 5.99. The van der Waals surface area contributed by atoms with Gasteiger partial charge in [0, 0.05) is 67.2 Å². The van der Waals surface area contributed by atoms with E-state index in [1.807, 2.05) is 18.2 Å². The number of ether oxygens (including phenoxy) is 1. The smallest absolute Gasteiger partial charge is 0.225 e. The van der Waals surface area contributed by atoms with Gasteiger partial charge < -0.3 is 26.4 Å². The molecule has 10 nitrogen and oxygen atoms in total. The maximum Gasteiger partial charge on any atom is 0.225 e. The van der Waals surface area contributed by atoms with Crippen LogP contribution in [-0.2, 0) is 0 Å². The van der Waals surface area contributed by atoms with Gasteiger partial charge in [0.1, 0.15) is 11.6 Å². The van der Waals surface area contributed by atoms with Crippen molar-refractivity contribution < 1.29 is 4.74 Å². The molecule has 1 aromatic heterocycles. The topological polar surface area (TPSA) is 142 Å². The van der Waals surface area contributed by atoms with E-state index in [0.29, 0.717) is 54.3 Å². The fourth-order valence-corrected chi connectivity index (χ4v) is 5.99. The fraction of sp³-hybridized carbons (Fsp3) is 0.556. The van der Waals surface area contributed by atoms with Gasteiger partial charge in [0.15, 0.2) is 5.82 Å². The molecule has 0 spiro atoms. The summed E-state index contributed by atoms with van der Waals surface area (Å²) < 4.78 is 6.09. The molecule has 0 radical (unpaired) electrons. The van der Waals surface area contributed by atoms with Gasteiger partial charge in [0.2, 0.25) is 5.95 Å². The van der Waals surface area contributed by atoms with Crippen molar-refractivity contribution in [3.05, 3.63) is 30.0 Å². The summed E-state index contributed by atoms with van der Waals surface area (Å²) in [6.07, 6.45) is 6.60.